The van der Waals surface area contributed by atoms with Crippen LogP contribution in [0.15, 0.2) is 24.3 Å². The van der Waals surface area contributed by atoms with Crippen molar-refractivity contribution in [3.63, 3.8) is 0 Å². The summed E-state index contributed by atoms with van der Waals surface area (Å²) in [6, 6.07) is 5.97. The third kappa shape index (κ3) is 4.39. The minimum absolute atomic E-state index is 0.0158. The molecule has 0 saturated carbocycles. The quantitative estimate of drug-likeness (QED) is 0.749. The summed E-state index contributed by atoms with van der Waals surface area (Å²) in [5.41, 5.74) is 0.794. The van der Waals surface area contributed by atoms with Gasteiger partial charge in [-0.2, -0.15) is 0 Å². The van der Waals surface area contributed by atoms with E-state index >= 15 is 0 Å². The Morgan fingerprint density at radius 2 is 1.58 bits per heavy atom. The van der Waals surface area contributed by atoms with Crippen LogP contribution in [-0.4, -0.2) is 72.2 Å². The van der Waals surface area contributed by atoms with Gasteiger partial charge in [-0.1, -0.05) is 12.1 Å². The van der Waals surface area contributed by atoms with Crippen molar-refractivity contribution in [2.75, 3.05) is 39.3 Å². The van der Waals surface area contributed by atoms with Crippen LogP contribution in [0.1, 0.15) is 18.4 Å². The van der Waals surface area contributed by atoms with Gasteiger partial charge in [0.05, 0.1) is 6.42 Å². The minimum Gasteiger partial charge on any atom is -0.342 e. The first-order valence-corrected chi connectivity index (χ1v) is 9.07. The molecule has 1 aromatic carbocycles. The number of carbonyl (C=O) groups excluding carboxylic acids is 3. The molecule has 1 aromatic rings. The number of likely N-dealkylation sites (tertiary alicyclic amines) is 1. The maximum absolute atomic E-state index is 12.9. The maximum atomic E-state index is 12.9. The van der Waals surface area contributed by atoms with Crippen LogP contribution < -0.4 is 0 Å². The normalized spacial score (nSPS) is 18.7. The number of rotatable bonds is 4. The average molecular weight is 361 g/mol. The predicted molar refractivity (Wildman–Crippen MR) is 93.6 cm³/mol. The van der Waals surface area contributed by atoms with E-state index in [2.05, 4.69) is 0 Å². The van der Waals surface area contributed by atoms with Crippen LogP contribution in [0.25, 0.3) is 0 Å². The van der Waals surface area contributed by atoms with Gasteiger partial charge in [-0.05, 0) is 30.5 Å². The molecule has 2 aliphatic heterocycles. The Bertz CT molecular complexity index is 648. The highest BCUT2D eigenvalue weighted by Crippen LogP contribution is 2.21. The molecule has 2 heterocycles. The van der Waals surface area contributed by atoms with Gasteiger partial charge in [0.15, 0.2) is 0 Å². The molecule has 0 atom stereocenters. The molecule has 0 aliphatic carbocycles. The first kappa shape index (κ1) is 18.4. The van der Waals surface area contributed by atoms with Gasteiger partial charge in [-0.3, -0.25) is 14.4 Å². The molecule has 0 unspecified atom stereocenters. The lowest BCUT2D eigenvalue weighted by Crippen LogP contribution is -2.51. The molecule has 2 aliphatic rings. The topological polar surface area (TPSA) is 60.9 Å². The van der Waals surface area contributed by atoms with Crippen molar-refractivity contribution in [3.05, 3.63) is 35.6 Å². The van der Waals surface area contributed by atoms with E-state index in [4.69, 9.17) is 0 Å². The van der Waals surface area contributed by atoms with Gasteiger partial charge < -0.3 is 14.7 Å². The lowest BCUT2D eigenvalue weighted by molar-refractivity contribution is -0.142. The summed E-state index contributed by atoms with van der Waals surface area (Å²) in [7, 11) is 0. The maximum Gasteiger partial charge on any atom is 0.226 e. The summed E-state index contributed by atoms with van der Waals surface area (Å²) >= 11 is 0. The summed E-state index contributed by atoms with van der Waals surface area (Å²) in [5, 5.41) is 0. The predicted octanol–water partition coefficient (Wildman–Crippen LogP) is 0.907. The number of piperidine rings is 1. The van der Waals surface area contributed by atoms with E-state index in [1.807, 2.05) is 4.90 Å². The SMILES string of the molecule is O=CN1CCN(C(=O)C2CCN(C(=O)Cc3ccc(F)cc3)CC2)CC1. The first-order chi connectivity index (χ1) is 12.6. The van der Waals surface area contributed by atoms with Crippen molar-refractivity contribution in [3.8, 4) is 0 Å². The van der Waals surface area contributed by atoms with E-state index in [0.29, 0.717) is 52.1 Å². The van der Waals surface area contributed by atoms with Gasteiger partial charge in [0.1, 0.15) is 5.82 Å². The minimum atomic E-state index is -0.311. The van der Waals surface area contributed by atoms with Crippen LogP contribution in [0.2, 0.25) is 0 Å². The number of hydrogen-bond donors (Lipinski definition) is 0. The van der Waals surface area contributed by atoms with Crippen molar-refractivity contribution >= 4 is 18.2 Å². The smallest absolute Gasteiger partial charge is 0.226 e. The van der Waals surface area contributed by atoms with Crippen LogP contribution >= 0.6 is 0 Å². The molecular weight excluding hydrogens is 337 g/mol. The fraction of sp³-hybridized carbons (Fsp3) is 0.526. The zero-order chi connectivity index (χ0) is 18.5. The molecule has 0 radical (unpaired) electrons. The highest BCUT2D eigenvalue weighted by atomic mass is 19.1. The Balaban J connectivity index is 1.46. The summed E-state index contributed by atoms with van der Waals surface area (Å²) in [6.45, 7) is 3.49. The second-order valence-electron chi connectivity index (χ2n) is 6.92. The van der Waals surface area contributed by atoms with E-state index in [1.165, 1.54) is 12.1 Å². The molecule has 2 saturated heterocycles. The summed E-state index contributed by atoms with van der Waals surface area (Å²) in [4.78, 5) is 41.1. The van der Waals surface area contributed by atoms with Crippen LogP contribution in [0.5, 0.6) is 0 Å². The van der Waals surface area contributed by atoms with Crippen molar-refractivity contribution in [1.29, 1.82) is 0 Å². The molecule has 26 heavy (non-hydrogen) atoms. The van der Waals surface area contributed by atoms with Crippen LogP contribution in [0.3, 0.4) is 0 Å². The molecule has 2 fully saturated rings. The van der Waals surface area contributed by atoms with E-state index in [0.717, 1.165) is 12.0 Å². The summed E-state index contributed by atoms with van der Waals surface area (Å²) < 4.78 is 12.9. The molecule has 0 N–H and O–H groups in total. The zero-order valence-electron chi connectivity index (χ0n) is 14.8. The van der Waals surface area contributed by atoms with E-state index < -0.39 is 0 Å². The number of amides is 3. The molecule has 7 heteroatoms. The van der Waals surface area contributed by atoms with Gasteiger partial charge in [0.25, 0.3) is 0 Å². The average Bonchev–Trinajstić information content (AvgIpc) is 2.69. The van der Waals surface area contributed by atoms with Gasteiger partial charge in [0.2, 0.25) is 18.2 Å². The number of piperazine rings is 1. The number of halogens is 1. The summed E-state index contributed by atoms with van der Waals surface area (Å²) in [5.74, 6) is -0.203. The molecule has 0 bridgehead atoms. The Morgan fingerprint density at radius 1 is 0.962 bits per heavy atom. The Hall–Kier alpha value is -2.44. The van der Waals surface area contributed by atoms with Crippen molar-refractivity contribution in [2.45, 2.75) is 19.3 Å². The Kier molecular flexibility index (Phi) is 5.85. The third-order valence-electron chi connectivity index (χ3n) is 5.24. The second kappa shape index (κ2) is 8.29. The fourth-order valence-electron chi connectivity index (χ4n) is 3.57. The van der Waals surface area contributed by atoms with Gasteiger partial charge in [-0.25, -0.2) is 4.39 Å². The lowest BCUT2D eigenvalue weighted by Gasteiger charge is -2.37. The highest BCUT2D eigenvalue weighted by Gasteiger charge is 2.31. The number of benzene rings is 1. The second-order valence-corrected chi connectivity index (χ2v) is 6.92. The number of carbonyl (C=O) groups is 3. The zero-order valence-corrected chi connectivity index (χ0v) is 14.8. The van der Waals surface area contributed by atoms with E-state index in [1.54, 1.807) is 21.9 Å². The largest absolute Gasteiger partial charge is 0.342 e. The summed E-state index contributed by atoms with van der Waals surface area (Å²) in [6.07, 6.45) is 2.42. The van der Waals surface area contributed by atoms with E-state index in [9.17, 15) is 18.8 Å². The van der Waals surface area contributed by atoms with Crippen LogP contribution in [0.4, 0.5) is 4.39 Å². The van der Waals surface area contributed by atoms with Crippen LogP contribution in [0, 0.1) is 11.7 Å². The Labute approximate surface area is 152 Å². The van der Waals surface area contributed by atoms with Gasteiger partial charge >= 0.3 is 0 Å². The molecule has 3 amide bonds. The molecule has 0 aromatic heterocycles. The third-order valence-corrected chi connectivity index (χ3v) is 5.24. The molecular formula is C19H24FN3O3. The first-order valence-electron chi connectivity index (χ1n) is 9.07. The van der Waals surface area contributed by atoms with Crippen molar-refractivity contribution < 1.29 is 18.8 Å². The van der Waals surface area contributed by atoms with Gasteiger partial charge in [0, 0.05) is 45.2 Å². The fourth-order valence-corrected chi connectivity index (χ4v) is 3.57. The number of nitrogens with zero attached hydrogens (tertiary/aromatic N) is 3. The Morgan fingerprint density at radius 3 is 2.15 bits per heavy atom. The van der Waals surface area contributed by atoms with Crippen molar-refractivity contribution in [1.82, 2.24) is 14.7 Å². The van der Waals surface area contributed by atoms with Crippen LogP contribution in [-0.2, 0) is 20.8 Å². The molecule has 140 valence electrons. The van der Waals surface area contributed by atoms with Gasteiger partial charge in [-0.15, -0.1) is 0 Å². The lowest BCUT2D eigenvalue weighted by atomic mass is 9.94. The van der Waals surface area contributed by atoms with Crippen molar-refractivity contribution in [2.24, 2.45) is 5.92 Å². The highest BCUT2D eigenvalue weighted by molar-refractivity contribution is 5.81. The number of hydrogen-bond acceptors (Lipinski definition) is 3. The molecule has 6 nitrogen and oxygen atoms in total. The molecule has 3 rings (SSSR count). The van der Waals surface area contributed by atoms with E-state index in [-0.39, 0.29) is 30.0 Å². The monoisotopic (exact) mass is 361 g/mol. The molecule has 0 spiro atoms. The standard InChI is InChI=1S/C19H24FN3O3/c20-17-3-1-15(2-4-17)13-18(25)22-7-5-16(6-8-22)19(26)23-11-9-21(14-24)10-12-23/h1-4,14,16H,5-13H2.